The Labute approximate surface area is 111 Å². The number of carboxylic acid groups (broad SMARTS) is 1. The van der Waals surface area contributed by atoms with E-state index in [9.17, 15) is 4.79 Å². The van der Waals surface area contributed by atoms with Crippen molar-refractivity contribution in [2.24, 2.45) is 0 Å². The second-order valence-electron chi connectivity index (χ2n) is 4.21. The first-order valence-electron chi connectivity index (χ1n) is 6.20. The third-order valence-corrected chi connectivity index (χ3v) is 2.95. The van der Waals surface area contributed by atoms with Gasteiger partial charge >= 0.3 is 5.97 Å². The normalized spacial score (nSPS) is 10.7. The molecule has 2 heterocycles. The van der Waals surface area contributed by atoms with Crippen LogP contribution in [0.25, 0.3) is 5.82 Å². The monoisotopic (exact) mass is 260 g/mol. The molecule has 2 rings (SSSR count). The summed E-state index contributed by atoms with van der Waals surface area (Å²) in [7, 11) is 0. The van der Waals surface area contributed by atoms with Crippen LogP contribution in [0.5, 0.6) is 0 Å². The van der Waals surface area contributed by atoms with E-state index in [4.69, 9.17) is 5.11 Å². The van der Waals surface area contributed by atoms with Crippen LogP contribution in [-0.4, -0.2) is 30.6 Å². The van der Waals surface area contributed by atoms with E-state index < -0.39 is 5.97 Å². The summed E-state index contributed by atoms with van der Waals surface area (Å²) in [6.45, 7) is 5.95. The molecular weight excluding hydrogens is 244 g/mol. The zero-order valence-electron chi connectivity index (χ0n) is 11.2. The smallest absolute Gasteiger partial charge is 0.356 e. The maximum atomic E-state index is 10.9. The first kappa shape index (κ1) is 13.2. The van der Waals surface area contributed by atoms with Crippen molar-refractivity contribution in [3.05, 3.63) is 35.3 Å². The average Bonchev–Trinajstić information content (AvgIpc) is 2.87. The van der Waals surface area contributed by atoms with Gasteiger partial charge in [-0.3, -0.25) is 4.57 Å². The fraction of sp³-hybridized carbons (Fsp3) is 0.385. The summed E-state index contributed by atoms with van der Waals surface area (Å²) in [4.78, 5) is 23.7. The summed E-state index contributed by atoms with van der Waals surface area (Å²) in [5, 5.41) is 8.92. The summed E-state index contributed by atoms with van der Waals surface area (Å²) < 4.78 is 1.65. The third kappa shape index (κ3) is 2.47. The van der Waals surface area contributed by atoms with Gasteiger partial charge in [-0.2, -0.15) is 0 Å². The van der Waals surface area contributed by atoms with Crippen molar-refractivity contribution in [2.45, 2.75) is 33.6 Å². The maximum Gasteiger partial charge on any atom is 0.356 e. The molecular formula is C13H16N4O2. The van der Waals surface area contributed by atoms with E-state index in [1.807, 2.05) is 20.8 Å². The van der Waals surface area contributed by atoms with E-state index in [0.29, 0.717) is 5.82 Å². The Kier molecular flexibility index (Phi) is 3.59. The van der Waals surface area contributed by atoms with Gasteiger partial charge in [-0.15, -0.1) is 0 Å². The van der Waals surface area contributed by atoms with Crippen molar-refractivity contribution >= 4 is 5.97 Å². The summed E-state index contributed by atoms with van der Waals surface area (Å²) in [5.74, 6) is 0.417. The van der Waals surface area contributed by atoms with Crippen LogP contribution in [0, 0.1) is 6.92 Å². The van der Waals surface area contributed by atoms with Crippen LogP contribution in [0.15, 0.2) is 12.5 Å². The molecule has 0 radical (unpaired) electrons. The molecule has 6 heteroatoms. The lowest BCUT2D eigenvalue weighted by molar-refractivity contribution is 0.0691. The Morgan fingerprint density at radius 2 is 2.05 bits per heavy atom. The molecule has 6 nitrogen and oxygen atoms in total. The Morgan fingerprint density at radius 3 is 2.58 bits per heavy atom. The average molecular weight is 260 g/mol. The molecule has 2 aromatic rings. The van der Waals surface area contributed by atoms with E-state index in [-0.39, 0.29) is 5.69 Å². The van der Waals surface area contributed by atoms with Crippen LogP contribution in [0.2, 0.25) is 0 Å². The number of aromatic nitrogens is 4. The molecule has 0 aliphatic carbocycles. The van der Waals surface area contributed by atoms with Crippen molar-refractivity contribution < 1.29 is 9.90 Å². The number of nitrogens with zero attached hydrogens (tertiary/aromatic N) is 4. The minimum Gasteiger partial charge on any atom is -0.476 e. The fourth-order valence-corrected chi connectivity index (χ4v) is 1.97. The second kappa shape index (κ2) is 5.17. The summed E-state index contributed by atoms with van der Waals surface area (Å²) >= 11 is 0. The Hall–Kier alpha value is -2.24. The highest BCUT2D eigenvalue weighted by Gasteiger charge is 2.14. The minimum atomic E-state index is -1.04. The molecule has 0 fully saturated rings. The van der Waals surface area contributed by atoms with Crippen LogP contribution in [0.4, 0.5) is 0 Å². The molecule has 0 unspecified atom stereocenters. The molecule has 0 amide bonds. The molecule has 0 atom stereocenters. The molecule has 0 spiro atoms. The SMILES string of the molecule is CCc1nc(C)c(CC)c(-n2cnc(C(=O)O)c2)n1. The van der Waals surface area contributed by atoms with Crippen molar-refractivity contribution in [3.8, 4) is 5.82 Å². The van der Waals surface area contributed by atoms with E-state index in [0.717, 1.165) is 29.9 Å². The van der Waals surface area contributed by atoms with Gasteiger partial charge < -0.3 is 5.11 Å². The van der Waals surface area contributed by atoms with Gasteiger partial charge in [0, 0.05) is 23.9 Å². The van der Waals surface area contributed by atoms with Gasteiger partial charge in [-0.05, 0) is 13.3 Å². The standard InChI is InChI=1S/C13H16N4O2/c1-4-9-8(3)15-11(5-2)16-12(9)17-6-10(13(18)19)14-7-17/h6-7H,4-5H2,1-3H3,(H,18,19). The number of hydrogen-bond donors (Lipinski definition) is 1. The van der Waals surface area contributed by atoms with Crippen molar-refractivity contribution in [2.75, 3.05) is 0 Å². The van der Waals surface area contributed by atoms with Gasteiger partial charge in [0.15, 0.2) is 5.69 Å². The number of aromatic carboxylic acids is 1. The van der Waals surface area contributed by atoms with Gasteiger partial charge in [-0.25, -0.2) is 19.7 Å². The maximum absolute atomic E-state index is 10.9. The topological polar surface area (TPSA) is 80.9 Å². The summed E-state index contributed by atoms with van der Waals surface area (Å²) in [6, 6.07) is 0. The number of aryl methyl sites for hydroxylation is 2. The zero-order valence-corrected chi connectivity index (χ0v) is 11.2. The number of carboxylic acids is 1. The molecule has 0 bridgehead atoms. The largest absolute Gasteiger partial charge is 0.476 e. The third-order valence-electron chi connectivity index (χ3n) is 2.95. The van der Waals surface area contributed by atoms with Gasteiger partial charge in [0.05, 0.1) is 0 Å². The number of rotatable bonds is 4. The number of imidazole rings is 1. The molecule has 0 aliphatic heterocycles. The quantitative estimate of drug-likeness (QED) is 0.906. The second-order valence-corrected chi connectivity index (χ2v) is 4.21. The van der Waals surface area contributed by atoms with Crippen LogP contribution in [0.1, 0.15) is 41.4 Å². The lowest BCUT2D eigenvalue weighted by atomic mass is 10.1. The molecule has 19 heavy (non-hydrogen) atoms. The molecule has 0 aliphatic rings. The Balaban J connectivity index is 2.58. The summed E-state index contributed by atoms with van der Waals surface area (Å²) in [6.07, 6.45) is 4.47. The van der Waals surface area contributed by atoms with E-state index in [1.165, 1.54) is 12.5 Å². The molecule has 0 saturated heterocycles. The highest BCUT2D eigenvalue weighted by Crippen LogP contribution is 2.17. The van der Waals surface area contributed by atoms with Crippen LogP contribution < -0.4 is 0 Å². The number of hydrogen-bond acceptors (Lipinski definition) is 4. The summed E-state index contributed by atoms with van der Waals surface area (Å²) in [5.41, 5.74) is 1.94. The molecule has 0 saturated carbocycles. The molecule has 1 N–H and O–H groups in total. The van der Waals surface area contributed by atoms with Crippen LogP contribution in [0.3, 0.4) is 0 Å². The predicted molar refractivity (Wildman–Crippen MR) is 69.6 cm³/mol. The molecule has 2 aromatic heterocycles. The highest BCUT2D eigenvalue weighted by molar-refractivity contribution is 5.85. The highest BCUT2D eigenvalue weighted by atomic mass is 16.4. The van der Waals surface area contributed by atoms with E-state index in [2.05, 4.69) is 15.0 Å². The zero-order chi connectivity index (χ0) is 14.0. The Bertz CT molecular complexity index is 619. The van der Waals surface area contributed by atoms with Gasteiger partial charge in [0.2, 0.25) is 0 Å². The van der Waals surface area contributed by atoms with Crippen LogP contribution in [-0.2, 0) is 12.8 Å². The van der Waals surface area contributed by atoms with Gasteiger partial charge in [0.25, 0.3) is 0 Å². The lowest BCUT2D eigenvalue weighted by Gasteiger charge is -2.11. The number of carbonyl (C=O) groups is 1. The van der Waals surface area contributed by atoms with Crippen molar-refractivity contribution in [3.63, 3.8) is 0 Å². The first-order valence-corrected chi connectivity index (χ1v) is 6.20. The van der Waals surface area contributed by atoms with E-state index in [1.54, 1.807) is 4.57 Å². The molecule has 100 valence electrons. The lowest BCUT2D eigenvalue weighted by Crippen LogP contribution is -2.08. The fourth-order valence-electron chi connectivity index (χ4n) is 1.97. The predicted octanol–water partition coefficient (Wildman–Crippen LogP) is 1.79. The van der Waals surface area contributed by atoms with Gasteiger partial charge in [-0.1, -0.05) is 13.8 Å². The minimum absolute atomic E-state index is 0.0105. The van der Waals surface area contributed by atoms with Crippen molar-refractivity contribution in [1.29, 1.82) is 0 Å². The van der Waals surface area contributed by atoms with Crippen LogP contribution >= 0.6 is 0 Å². The van der Waals surface area contributed by atoms with Crippen molar-refractivity contribution in [1.82, 2.24) is 19.5 Å². The molecule has 0 aromatic carbocycles. The van der Waals surface area contributed by atoms with Gasteiger partial charge in [0.1, 0.15) is 18.0 Å². The Morgan fingerprint density at radius 1 is 1.32 bits per heavy atom. The first-order chi connectivity index (χ1) is 9.06. The van der Waals surface area contributed by atoms with E-state index >= 15 is 0 Å².